The lowest BCUT2D eigenvalue weighted by molar-refractivity contribution is -0.119. The molecule has 1 aromatic heterocycles. The summed E-state index contributed by atoms with van der Waals surface area (Å²) < 4.78 is 7.36. The van der Waals surface area contributed by atoms with Gasteiger partial charge in [-0.15, -0.1) is 0 Å². The van der Waals surface area contributed by atoms with Crippen molar-refractivity contribution in [1.82, 2.24) is 14.9 Å². The van der Waals surface area contributed by atoms with Crippen molar-refractivity contribution < 1.29 is 14.3 Å². The molecule has 0 spiro atoms. The van der Waals surface area contributed by atoms with Crippen molar-refractivity contribution in [1.29, 1.82) is 0 Å². The Labute approximate surface area is 158 Å². The summed E-state index contributed by atoms with van der Waals surface area (Å²) in [4.78, 5) is 30.1. The molecule has 2 heterocycles. The molecule has 144 valence electrons. The van der Waals surface area contributed by atoms with Gasteiger partial charge in [-0.2, -0.15) is 0 Å². The molecule has 3 rings (SSSR count). The molecule has 3 amide bonds. The number of carbonyl (C=O) groups is 2. The number of hydrogen-bond donors (Lipinski definition) is 2. The Morgan fingerprint density at radius 2 is 2.22 bits per heavy atom. The van der Waals surface area contributed by atoms with Gasteiger partial charge in [0.2, 0.25) is 5.91 Å². The van der Waals surface area contributed by atoms with Crippen molar-refractivity contribution >= 4 is 23.3 Å². The first-order valence-corrected chi connectivity index (χ1v) is 9.16. The SMILES string of the molecule is COc1ccc(NC(=O)NCCCn2ccnc2)cc1N1CCCCC1=O. The summed E-state index contributed by atoms with van der Waals surface area (Å²) in [5.74, 6) is 0.706. The largest absolute Gasteiger partial charge is 0.495 e. The van der Waals surface area contributed by atoms with Crippen LogP contribution in [0.25, 0.3) is 0 Å². The van der Waals surface area contributed by atoms with Crippen LogP contribution in [0, 0.1) is 0 Å². The first-order valence-electron chi connectivity index (χ1n) is 9.16. The van der Waals surface area contributed by atoms with Crippen molar-refractivity contribution in [2.75, 3.05) is 30.4 Å². The van der Waals surface area contributed by atoms with Crippen LogP contribution in [0.1, 0.15) is 25.7 Å². The minimum Gasteiger partial charge on any atom is -0.495 e. The van der Waals surface area contributed by atoms with Crippen molar-refractivity contribution in [2.24, 2.45) is 0 Å². The smallest absolute Gasteiger partial charge is 0.319 e. The lowest BCUT2D eigenvalue weighted by Crippen LogP contribution is -2.35. The van der Waals surface area contributed by atoms with Crippen LogP contribution in [0.15, 0.2) is 36.9 Å². The quantitative estimate of drug-likeness (QED) is 0.732. The Hall–Kier alpha value is -3.03. The maximum Gasteiger partial charge on any atom is 0.319 e. The van der Waals surface area contributed by atoms with E-state index in [4.69, 9.17) is 4.74 Å². The minimum atomic E-state index is -0.276. The fourth-order valence-corrected chi connectivity index (χ4v) is 3.10. The van der Waals surface area contributed by atoms with Gasteiger partial charge < -0.3 is 24.8 Å². The molecule has 2 N–H and O–H groups in total. The topological polar surface area (TPSA) is 88.5 Å². The second kappa shape index (κ2) is 9.07. The van der Waals surface area contributed by atoms with Crippen molar-refractivity contribution in [3.8, 4) is 5.75 Å². The van der Waals surface area contributed by atoms with Gasteiger partial charge in [0.05, 0.1) is 19.1 Å². The standard InChI is InChI=1S/C19H25N5O3/c1-27-17-7-6-15(13-16(17)24-11-3-2-5-18(24)25)22-19(26)21-8-4-10-23-12-9-20-14-23/h6-7,9,12-14H,2-5,8,10-11H2,1H3,(H2,21,22,26). The Bertz CT molecular complexity index is 776. The van der Waals surface area contributed by atoms with Crippen LogP contribution in [-0.4, -0.2) is 41.7 Å². The van der Waals surface area contributed by atoms with Crippen LogP contribution < -0.4 is 20.3 Å². The van der Waals surface area contributed by atoms with E-state index in [0.717, 1.165) is 25.8 Å². The Balaban J connectivity index is 1.56. The highest BCUT2D eigenvalue weighted by Gasteiger charge is 2.23. The highest BCUT2D eigenvalue weighted by Crippen LogP contribution is 2.33. The molecule has 0 aliphatic carbocycles. The van der Waals surface area contributed by atoms with Crippen molar-refractivity contribution in [3.63, 3.8) is 0 Å². The van der Waals surface area contributed by atoms with E-state index in [-0.39, 0.29) is 11.9 Å². The zero-order valence-electron chi connectivity index (χ0n) is 15.5. The van der Waals surface area contributed by atoms with Crippen LogP contribution in [0.2, 0.25) is 0 Å². The van der Waals surface area contributed by atoms with Crippen LogP contribution in [0.5, 0.6) is 5.75 Å². The molecule has 1 aliphatic heterocycles. The van der Waals surface area contributed by atoms with Crippen molar-refractivity contribution in [2.45, 2.75) is 32.2 Å². The molecular weight excluding hydrogens is 346 g/mol. The number of anilines is 2. The van der Waals surface area contributed by atoms with Gasteiger partial charge in [-0.05, 0) is 37.5 Å². The van der Waals surface area contributed by atoms with E-state index in [9.17, 15) is 9.59 Å². The minimum absolute atomic E-state index is 0.0839. The van der Waals surface area contributed by atoms with E-state index in [1.165, 1.54) is 0 Å². The first-order chi connectivity index (χ1) is 13.2. The fraction of sp³-hybridized carbons (Fsp3) is 0.421. The molecule has 8 heteroatoms. The highest BCUT2D eigenvalue weighted by molar-refractivity contribution is 5.97. The van der Waals surface area contributed by atoms with Gasteiger partial charge >= 0.3 is 6.03 Å². The molecule has 8 nitrogen and oxygen atoms in total. The Kier molecular flexibility index (Phi) is 6.30. The van der Waals surface area contributed by atoms with Crippen LogP contribution in [0.4, 0.5) is 16.2 Å². The summed E-state index contributed by atoms with van der Waals surface area (Å²) in [6, 6.07) is 5.04. The molecule has 1 saturated heterocycles. The number of urea groups is 1. The van der Waals surface area contributed by atoms with Gasteiger partial charge in [0.1, 0.15) is 5.75 Å². The van der Waals surface area contributed by atoms with Gasteiger partial charge in [-0.1, -0.05) is 0 Å². The van der Waals surface area contributed by atoms with E-state index in [0.29, 0.717) is 36.6 Å². The third-order valence-electron chi connectivity index (χ3n) is 4.49. The molecule has 1 aromatic carbocycles. The van der Waals surface area contributed by atoms with Gasteiger partial charge in [-0.25, -0.2) is 9.78 Å². The van der Waals surface area contributed by atoms with Gasteiger partial charge in [0.15, 0.2) is 0 Å². The summed E-state index contributed by atoms with van der Waals surface area (Å²) in [7, 11) is 1.58. The number of aryl methyl sites for hydroxylation is 1. The molecule has 2 aromatic rings. The number of ether oxygens (including phenoxy) is 1. The monoisotopic (exact) mass is 371 g/mol. The maximum absolute atomic E-state index is 12.2. The molecular formula is C19H25N5O3. The zero-order chi connectivity index (χ0) is 19.1. The zero-order valence-corrected chi connectivity index (χ0v) is 15.5. The molecule has 0 saturated carbocycles. The number of hydrogen-bond acceptors (Lipinski definition) is 4. The van der Waals surface area contributed by atoms with Gasteiger partial charge in [0, 0.05) is 44.1 Å². The van der Waals surface area contributed by atoms with Crippen LogP contribution in [-0.2, 0) is 11.3 Å². The lowest BCUT2D eigenvalue weighted by Gasteiger charge is -2.28. The number of carbonyl (C=O) groups excluding carboxylic acids is 2. The summed E-state index contributed by atoms with van der Waals surface area (Å²) in [6.07, 6.45) is 8.59. The van der Waals surface area contributed by atoms with E-state index in [1.807, 2.05) is 10.8 Å². The van der Waals surface area contributed by atoms with E-state index < -0.39 is 0 Å². The number of rotatable bonds is 7. The van der Waals surface area contributed by atoms with Crippen LogP contribution >= 0.6 is 0 Å². The fourth-order valence-electron chi connectivity index (χ4n) is 3.10. The average molecular weight is 371 g/mol. The predicted molar refractivity (Wildman–Crippen MR) is 103 cm³/mol. The lowest BCUT2D eigenvalue weighted by atomic mass is 10.1. The number of nitrogens with zero attached hydrogens (tertiary/aromatic N) is 3. The third-order valence-corrected chi connectivity index (χ3v) is 4.49. The van der Waals surface area contributed by atoms with E-state index in [2.05, 4.69) is 15.6 Å². The number of piperidine rings is 1. The second-order valence-corrected chi connectivity index (χ2v) is 6.42. The number of methoxy groups -OCH3 is 1. The third kappa shape index (κ3) is 4.99. The Morgan fingerprint density at radius 1 is 1.33 bits per heavy atom. The molecule has 0 atom stereocenters. The average Bonchev–Trinajstić information content (AvgIpc) is 3.19. The van der Waals surface area contributed by atoms with Crippen LogP contribution in [0.3, 0.4) is 0 Å². The second-order valence-electron chi connectivity index (χ2n) is 6.42. The Morgan fingerprint density at radius 3 is 2.96 bits per heavy atom. The molecule has 1 fully saturated rings. The highest BCUT2D eigenvalue weighted by atomic mass is 16.5. The van der Waals surface area contributed by atoms with Gasteiger partial charge in [0.25, 0.3) is 0 Å². The molecule has 0 radical (unpaired) electrons. The normalized spacial score (nSPS) is 14.1. The number of benzene rings is 1. The molecule has 27 heavy (non-hydrogen) atoms. The number of nitrogens with one attached hydrogen (secondary N) is 2. The van der Waals surface area contributed by atoms with E-state index >= 15 is 0 Å². The first kappa shape index (κ1) is 18.8. The number of aromatic nitrogens is 2. The summed E-state index contributed by atoms with van der Waals surface area (Å²) in [6.45, 7) is 2.01. The molecule has 1 aliphatic rings. The van der Waals surface area contributed by atoms with Crippen molar-refractivity contribution in [3.05, 3.63) is 36.9 Å². The summed E-state index contributed by atoms with van der Waals surface area (Å²) >= 11 is 0. The number of amides is 3. The molecule has 0 bridgehead atoms. The summed E-state index contributed by atoms with van der Waals surface area (Å²) in [5.41, 5.74) is 1.32. The van der Waals surface area contributed by atoms with Gasteiger partial charge in [-0.3, -0.25) is 4.79 Å². The maximum atomic E-state index is 12.2. The predicted octanol–water partition coefficient (Wildman–Crippen LogP) is 2.62. The van der Waals surface area contributed by atoms with E-state index in [1.54, 1.807) is 42.7 Å². The summed E-state index contributed by atoms with van der Waals surface area (Å²) in [5, 5.41) is 5.65. The molecule has 0 unspecified atom stereocenters. The number of imidazole rings is 1.